The van der Waals surface area contributed by atoms with Crippen LogP contribution in [-0.2, 0) is 6.42 Å². The van der Waals surface area contributed by atoms with Gasteiger partial charge in [-0.3, -0.25) is 9.78 Å². The van der Waals surface area contributed by atoms with Crippen molar-refractivity contribution in [1.82, 2.24) is 9.55 Å². The van der Waals surface area contributed by atoms with E-state index in [2.05, 4.69) is 4.98 Å². The first-order chi connectivity index (χ1) is 9.45. The Morgan fingerprint density at radius 3 is 2.60 bits per heavy atom. The number of halogens is 2. The van der Waals surface area contributed by atoms with E-state index in [0.29, 0.717) is 22.7 Å². The van der Waals surface area contributed by atoms with E-state index in [9.17, 15) is 9.59 Å². The second-order valence-corrected chi connectivity index (χ2v) is 5.36. The van der Waals surface area contributed by atoms with E-state index in [1.807, 2.05) is 13.8 Å². The van der Waals surface area contributed by atoms with Gasteiger partial charge in [-0.2, -0.15) is 0 Å². The fraction of sp³-hybridized carbons (Fsp3) is 0.286. The molecular weight excluding hydrogens is 299 g/mol. The van der Waals surface area contributed by atoms with Crippen LogP contribution < -0.4 is 11.2 Å². The van der Waals surface area contributed by atoms with E-state index >= 15 is 0 Å². The fourth-order valence-electron chi connectivity index (χ4n) is 2.06. The Balaban J connectivity index is 2.81. The summed E-state index contributed by atoms with van der Waals surface area (Å²) in [5.74, 6) is 0. The number of aromatic amines is 1. The van der Waals surface area contributed by atoms with Gasteiger partial charge >= 0.3 is 5.69 Å². The maximum absolute atomic E-state index is 12.5. The number of H-pyrrole nitrogens is 1. The summed E-state index contributed by atoms with van der Waals surface area (Å²) < 4.78 is 1.08. The zero-order valence-electron chi connectivity index (χ0n) is 11.2. The van der Waals surface area contributed by atoms with E-state index in [-0.39, 0.29) is 5.15 Å². The molecule has 4 nitrogen and oxygen atoms in total. The molecule has 0 unspecified atom stereocenters. The highest BCUT2D eigenvalue weighted by atomic mass is 35.5. The van der Waals surface area contributed by atoms with Crippen molar-refractivity contribution in [3.63, 3.8) is 0 Å². The van der Waals surface area contributed by atoms with Crippen LogP contribution in [0.25, 0.3) is 5.69 Å². The Morgan fingerprint density at radius 1 is 1.25 bits per heavy atom. The average molecular weight is 313 g/mol. The Bertz CT molecular complexity index is 763. The van der Waals surface area contributed by atoms with Crippen LogP contribution in [0.1, 0.15) is 24.5 Å². The molecular formula is C14H14Cl2N2O2. The molecule has 6 heteroatoms. The van der Waals surface area contributed by atoms with Gasteiger partial charge in [0.25, 0.3) is 5.56 Å². The molecule has 0 spiro atoms. The molecule has 0 atom stereocenters. The van der Waals surface area contributed by atoms with E-state index in [1.54, 1.807) is 18.2 Å². The summed E-state index contributed by atoms with van der Waals surface area (Å²) in [5.41, 5.74) is 0.703. The SMILES string of the molecule is CCCc1c(Cl)[nH]c(=O)n(-c2cc(Cl)ccc2C)c1=O. The highest BCUT2D eigenvalue weighted by molar-refractivity contribution is 6.30. The first-order valence-electron chi connectivity index (χ1n) is 6.26. The summed E-state index contributed by atoms with van der Waals surface area (Å²) in [6.45, 7) is 3.75. The molecule has 1 aromatic heterocycles. The number of rotatable bonds is 3. The van der Waals surface area contributed by atoms with Gasteiger partial charge in [0.1, 0.15) is 5.15 Å². The van der Waals surface area contributed by atoms with Crippen molar-refractivity contribution in [1.29, 1.82) is 0 Å². The normalized spacial score (nSPS) is 10.8. The molecule has 0 saturated carbocycles. The van der Waals surface area contributed by atoms with Gasteiger partial charge in [0.05, 0.1) is 11.3 Å². The topological polar surface area (TPSA) is 54.9 Å². The lowest BCUT2D eigenvalue weighted by Crippen LogP contribution is -2.36. The van der Waals surface area contributed by atoms with Gasteiger partial charge in [0.2, 0.25) is 0 Å². The highest BCUT2D eigenvalue weighted by Gasteiger charge is 2.15. The Hall–Kier alpha value is -1.52. The van der Waals surface area contributed by atoms with Gasteiger partial charge in [-0.25, -0.2) is 9.36 Å². The first-order valence-corrected chi connectivity index (χ1v) is 7.01. The van der Waals surface area contributed by atoms with Crippen LogP contribution in [0.5, 0.6) is 0 Å². The number of hydrogen-bond donors (Lipinski definition) is 1. The molecule has 1 N–H and O–H groups in total. The number of aromatic nitrogens is 2. The molecule has 0 bridgehead atoms. The second kappa shape index (κ2) is 5.85. The Labute approximate surface area is 126 Å². The second-order valence-electron chi connectivity index (χ2n) is 4.54. The number of hydrogen-bond acceptors (Lipinski definition) is 2. The van der Waals surface area contributed by atoms with E-state index in [4.69, 9.17) is 23.2 Å². The van der Waals surface area contributed by atoms with Crippen molar-refractivity contribution in [3.05, 3.63) is 60.3 Å². The third-order valence-electron chi connectivity index (χ3n) is 3.06. The van der Waals surface area contributed by atoms with Crippen LogP contribution in [0.2, 0.25) is 10.2 Å². The van der Waals surface area contributed by atoms with Gasteiger partial charge in [0, 0.05) is 5.02 Å². The third kappa shape index (κ3) is 2.67. The maximum Gasteiger partial charge on any atom is 0.334 e. The minimum Gasteiger partial charge on any atom is -0.297 e. The molecule has 2 rings (SSSR count). The highest BCUT2D eigenvalue weighted by Crippen LogP contribution is 2.18. The number of benzene rings is 1. The van der Waals surface area contributed by atoms with Gasteiger partial charge in [-0.05, 0) is 31.0 Å². The lowest BCUT2D eigenvalue weighted by molar-refractivity contribution is 0.808. The molecule has 0 aliphatic carbocycles. The van der Waals surface area contributed by atoms with Crippen LogP contribution in [0.15, 0.2) is 27.8 Å². The summed E-state index contributed by atoms with van der Waals surface area (Å²) in [5, 5.41) is 0.571. The van der Waals surface area contributed by atoms with Crippen LogP contribution in [-0.4, -0.2) is 9.55 Å². The van der Waals surface area contributed by atoms with Gasteiger partial charge in [0.15, 0.2) is 0 Å². The summed E-state index contributed by atoms with van der Waals surface area (Å²) in [6.07, 6.45) is 1.27. The van der Waals surface area contributed by atoms with Crippen molar-refractivity contribution in [2.45, 2.75) is 26.7 Å². The van der Waals surface area contributed by atoms with Crippen molar-refractivity contribution in [2.24, 2.45) is 0 Å². The molecule has 0 radical (unpaired) electrons. The van der Waals surface area contributed by atoms with Crippen LogP contribution >= 0.6 is 23.2 Å². The summed E-state index contributed by atoms with van der Waals surface area (Å²) in [7, 11) is 0. The van der Waals surface area contributed by atoms with Crippen molar-refractivity contribution in [3.8, 4) is 5.69 Å². The molecule has 0 aliphatic rings. The molecule has 1 heterocycles. The molecule has 0 saturated heterocycles. The molecule has 0 fully saturated rings. The maximum atomic E-state index is 12.5. The Kier molecular flexibility index (Phi) is 4.35. The quantitative estimate of drug-likeness (QED) is 0.885. The number of aryl methyl sites for hydroxylation is 1. The van der Waals surface area contributed by atoms with Gasteiger partial charge in [-0.15, -0.1) is 0 Å². The summed E-state index contributed by atoms with van der Waals surface area (Å²) in [6, 6.07) is 5.07. The summed E-state index contributed by atoms with van der Waals surface area (Å²) in [4.78, 5) is 27.0. The molecule has 0 aliphatic heterocycles. The minimum atomic E-state index is -0.565. The zero-order chi connectivity index (χ0) is 14.9. The molecule has 0 amide bonds. The number of nitrogens with one attached hydrogen (secondary N) is 1. The zero-order valence-corrected chi connectivity index (χ0v) is 12.7. The molecule has 1 aromatic carbocycles. The van der Waals surface area contributed by atoms with Crippen LogP contribution in [0.3, 0.4) is 0 Å². The largest absolute Gasteiger partial charge is 0.334 e. The van der Waals surface area contributed by atoms with Gasteiger partial charge < -0.3 is 0 Å². The third-order valence-corrected chi connectivity index (χ3v) is 3.62. The van der Waals surface area contributed by atoms with Crippen molar-refractivity contribution >= 4 is 23.2 Å². The standard InChI is InChI=1S/C14H14Cl2N2O2/c1-3-4-10-12(16)17-14(20)18(13(10)19)11-7-9(15)6-5-8(11)2/h5-7H,3-4H2,1-2H3,(H,17,20). The fourth-order valence-corrected chi connectivity index (χ4v) is 2.48. The van der Waals surface area contributed by atoms with E-state index < -0.39 is 11.2 Å². The van der Waals surface area contributed by atoms with Crippen LogP contribution in [0, 0.1) is 6.92 Å². The molecule has 106 valence electrons. The van der Waals surface area contributed by atoms with Crippen molar-refractivity contribution < 1.29 is 0 Å². The van der Waals surface area contributed by atoms with Crippen molar-refractivity contribution in [2.75, 3.05) is 0 Å². The predicted octanol–water partition coefficient (Wildman–Crippen LogP) is 3.09. The average Bonchev–Trinajstić information content (AvgIpc) is 2.38. The Morgan fingerprint density at radius 2 is 1.95 bits per heavy atom. The minimum absolute atomic E-state index is 0.109. The predicted molar refractivity (Wildman–Crippen MR) is 81.4 cm³/mol. The number of nitrogens with zero attached hydrogens (tertiary/aromatic N) is 1. The monoisotopic (exact) mass is 312 g/mol. The molecule has 2 aromatic rings. The summed E-state index contributed by atoms with van der Waals surface area (Å²) >= 11 is 11.9. The first kappa shape index (κ1) is 14.9. The van der Waals surface area contributed by atoms with E-state index in [0.717, 1.165) is 16.6 Å². The van der Waals surface area contributed by atoms with Gasteiger partial charge in [-0.1, -0.05) is 42.6 Å². The lowest BCUT2D eigenvalue weighted by Gasteiger charge is -2.11. The smallest absolute Gasteiger partial charge is 0.297 e. The van der Waals surface area contributed by atoms with E-state index in [1.165, 1.54) is 0 Å². The lowest BCUT2D eigenvalue weighted by atomic mass is 10.1. The molecule has 20 heavy (non-hydrogen) atoms. The van der Waals surface area contributed by atoms with Crippen LogP contribution in [0.4, 0.5) is 0 Å².